The van der Waals surface area contributed by atoms with Crippen molar-refractivity contribution in [2.75, 3.05) is 13.2 Å². The monoisotopic (exact) mass is 492 g/mol. The van der Waals surface area contributed by atoms with Crippen LogP contribution in [0.25, 0.3) is 11.1 Å². The Morgan fingerprint density at radius 2 is 1.70 bits per heavy atom. The van der Waals surface area contributed by atoms with Gasteiger partial charge in [-0.2, -0.15) is 0 Å². The van der Waals surface area contributed by atoms with Crippen LogP contribution in [0.15, 0.2) is 28.7 Å². The molecule has 2 aromatic carbocycles. The number of unbranched alkanes of at least 4 members (excludes halogenated alkanes) is 2. The maximum atomic E-state index is 14.8. The molecule has 1 aliphatic heterocycles. The van der Waals surface area contributed by atoms with Crippen LogP contribution < -0.4 is 0 Å². The maximum Gasteiger partial charge on any atom is 0.267 e. The lowest BCUT2D eigenvalue weighted by atomic mass is 9.97. The molecule has 0 radical (unpaired) electrons. The van der Waals surface area contributed by atoms with Crippen molar-refractivity contribution >= 4 is 15.9 Å². The van der Waals surface area contributed by atoms with Crippen LogP contribution in [-0.4, -0.2) is 13.2 Å². The Kier molecular flexibility index (Phi) is 7.87. The second kappa shape index (κ2) is 10.2. The molecule has 1 fully saturated rings. The molecule has 1 saturated heterocycles. The molecule has 0 atom stereocenters. The highest BCUT2D eigenvalue weighted by Gasteiger charge is 2.27. The Hall–Kier alpha value is -1.51. The van der Waals surface area contributed by atoms with Crippen LogP contribution in [0.2, 0.25) is 0 Å². The van der Waals surface area contributed by atoms with E-state index >= 15 is 0 Å². The first kappa shape index (κ1) is 23.2. The molecular weight excluding hydrogens is 471 g/mol. The second-order valence-electron chi connectivity index (χ2n) is 7.35. The first-order chi connectivity index (χ1) is 14.3. The summed E-state index contributed by atoms with van der Waals surface area (Å²) in [4.78, 5) is 0. The zero-order valence-electron chi connectivity index (χ0n) is 16.4. The molecule has 0 unspecified atom stereocenters. The Morgan fingerprint density at radius 1 is 1.00 bits per heavy atom. The van der Waals surface area contributed by atoms with E-state index in [0.717, 1.165) is 31.7 Å². The lowest BCUT2D eigenvalue weighted by molar-refractivity contribution is -0.206. The van der Waals surface area contributed by atoms with Gasteiger partial charge in [0.1, 0.15) is 17.5 Å². The van der Waals surface area contributed by atoms with Crippen molar-refractivity contribution in [3.05, 3.63) is 57.3 Å². The van der Waals surface area contributed by atoms with E-state index in [2.05, 4.69) is 22.9 Å². The second-order valence-corrected chi connectivity index (χ2v) is 8.14. The van der Waals surface area contributed by atoms with Gasteiger partial charge in [-0.15, -0.1) is 0 Å². The van der Waals surface area contributed by atoms with Gasteiger partial charge in [0, 0.05) is 17.0 Å². The topological polar surface area (TPSA) is 18.5 Å². The predicted molar refractivity (Wildman–Crippen MR) is 107 cm³/mol. The zero-order chi connectivity index (χ0) is 21.8. The van der Waals surface area contributed by atoms with E-state index < -0.39 is 45.8 Å². The van der Waals surface area contributed by atoms with E-state index in [9.17, 15) is 22.0 Å². The van der Waals surface area contributed by atoms with Crippen LogP contribution in [-0.2, 0) is 9.47 Å². The van der Waals surface area contributed by atoms with E-state index in [-0.39, 0.29) is 11.5 Å². The fourth-order valence-corrected chi connectivity index (χ4v) is 3.86. The lowest BCUT2D eigenvalue weighted by Gasteiger charge is -2.30. The van der Waals surface area contributed by atoms with Gasteiger partial charge >= 0.3 is 0 Å². The average Bonchev–Trinajstić information content (AvgIpc) is 2.72. The van der Waals surface area contributed by atoms with Gasteiger partial charge in [0.2, 0.25) is 0 Å². The molecule has 2 aromatic rings. The van der Waals surface area contributed by atoms with Crippen LogP contribution in [0.3, 0.4) is 0 Å². The number of alkyl halides is 2. The van der Waals surface area contributed by atoms with Crippen molar-refractivity contribution in [2.24, 2.45) is 5.92 Å². The highest BCUT2D eigenvalue weighted by Crippen LogP contribution is 2.39. The summed E-state index contributed by atoms with van der Waals surface area (Å²) in [6.45, 7) is 3.09. The summed E-state index contributed by atoms with van der Waals surface area (Å²) in [6, 6.07) is 4.44. The van der Waals surface area contributed by atoms with Crippen LogP contribution in [0.4, 0.5) is 22.0 Å². The normalized spacial score (nSPS) is 19.5. The Morgan fingerprint density at radius 3 is 2.30 bits per heavy atom. The summed E-state index contributed by atoms with van der Waals surface area (Å²) >= 11 is 2.60. The summed E-state index contributed by atoms with van der Waals surface area (Å²) in [5.41, 5.74) is -1.55. The van der Waals surface area contributed by atoms with Gasteiger partial charge in [0.05, 0.1) is 23.2 Å². The average molecular weight is 493 g/mol. The molecule has 0 N–H and O–H groups in total. The van der Waals surface area contributed by atoms with E-state index in [4.69, 9.17) is 9.47 Å². The minimum atomic E-state index is -3.24. The van der Waals surface area contributed by atoms with Crippen LogP contribution in [0.1, 0.15) is 56.4 Å². The van der Waals surface area contributed by atoms with Gasteiger partial charge < -0.3 is 9.47 Å². The minimum absolute atomic E-state index is 0.277. The van der Waals surface area contributed by atoms with E-state index in [1.807, 2.05) is 0 Å². The number of rotatable bonds is 7. The molecule has 164 valence electrons. The predicted octanol–water partition coefficient (Wildman–Crippen LogP) is 7.71. The summed E-state index contributed by atoms with van der Waals surface area (Å²) in [5, 5.41) is 0. The number of halogens is 6. The van der Waals surface area contributed by atoms with E-state index in [0.29, 0.717) is 24.8 Å². The lowest BCUT2D eigenvalue weighted by Crippen LogP contribution is -2.27. The molecule has 8 heteroatoms. The maximum absolute atomic E-state index is 14.8. The van der Waals surface area contributed by atoms with Gasteiger partial charge in [0.25, 0.3) is 6.43 Å². The molecule has 30 heavy (non-hydrogen) atoms. The van der Waals surface area contributed by atoms with Gasteiger partial charge in [-0.3, -0.25) is 0 Å². The van der Waals surface area contributed by atoms with Crippen molar-refractivity contribution < 1.29 is 31.4 Å². The number of hydrogen-bond donors (Lipinski definition) is 0. The number of hydrogen-bond acceptors (Lipinski definition) is 2. The molecule has 0 aromatic heterocycles. The minimum Gasteiger partial charge on any atom is -0.348 e. The van der Waals surface area contributed by atoms with Crippen LogP contribution in [0.5, 0.6) is 0 Å². The highest BCUT2D eigenvalue weighted by atomic mass is 79.9. The standard InChI is InChI=1S/C22H22BrF5O2/c1-2-3-4-5-12-10-29-22(30-11-12)13-6-7-14(16(24)8-13)15-9-17(25)19(23)20(26)18(15)21(27)28/h6-9,12,21-22H,2-5,10-11H2,1H3. The van der Waals surface area contributed by atoms with E-state index in [1.165, 1.54) is 12.1 Å². The molecule has 0 aliphatic carbocycles. The molecular formula is C22H22BrF5O2. The smallest absolute Gasteiger partial charge is 0.267 e. The Labute approximate surface area is 180 Å². The molecule has 1 heterocycles. The quantitative estimate of drug-likeness (QED) is 0.224. The summed E-state index contributed by atoms with van der Waals surface area (Å²) in [5.74, 6) is -3.16. The van der Waals surface area contributed by atoms with Gasteiger partial charge in [-0.05, 0) is 40.0 Å². The third-order valence-electron chi connectivity index (χ3n) is 5.16. The summed E-state index contributed by atoms with van der Waals surface area (Å²) in [7, 11) is 0. The van der Waals surface area contributed by atoms with Crippen LogP contribution >= 0.6 is 15.9 Å². The van der Waals surface area contributed by atoms with Crippen molar-refractivity contribution in [1.29, 1.82) is 0 Å². The fraction of sp³-hybridized carbons (Fsp3) is 0.455. The molecule has 0 bridgehead atoms. The molecule has 3 rings (SSSR count). The van der Waals surface area contributed by atoms with Crippen molar-refractivity contribution in [2.45, 2.75) is 45.3 Å². The van der Waals surface area contributed by atoms with Gasteiger partial charge in [-0.1, -0.05) is 38.3 Å². The molecule has 0 saturated carbocycles. The SMILES string of the molecule is CCCCCC1COC(c2ccc(-c3cc(F)c(Br)c(F)c3C(F)F)c(F)c2)OC1. The van der Waals surface area contributed by atoms with Crippen molar-refractivity contribution in [3.8, 4) is 11.1 Å². The van der Waals surface area contributed by atoms with Gasteiger partial charge in [0.15, 0.2) is 6.29 Å². The summed E-state index contributed by atoms with van der Waals surface area (Å²) < 4.78 is 80.3. The summed E-state index contributed by atoms with van der Waals surface area (Å²) in [6.07, 6.45) is 0.334. The zero-order valence-corrected chi connectivity index (χ0v) is 18.0. The molecule has 1 aliphatic rings. The van der Waals surface area contributed by atoms with Crippen molar-refractivity contribution in [3.63, 3.8) is 0 Å². The number of benzene rings is 2. The molecule has 0 amide bonds. The highest BCUT2D eigenvalue weighted by molar-refractivity contribution is 9.10. The molecule has 2 nitrogen and oxygen atoms in total. The molecule has 0 spiro atoms. The third-order valence-corrected chi connectivity index (χ3v) is 5.88. The van der Waals surface area contributed by atoms with Gasteiger partial charge in [-0.25, -0.2) is 22.0 Å². The third kappa shape index (κ3) is 5.03. The van der Waals surface area contributed by atoms with E-state index in [1.54, 1.807) is 0 Å². The first-order valence-corrected chi connectivity index (χ1v) is 10.6. The largest absolute Gasteiger partial charge is 0.348 e. The van der Waals surface area contributed by atoms with Crippen LogP contribution in [0, 0.1) is 23.4 Å². The van der Waals surface area contributed by atoms with Crippen molar-refractivity contribution in [1.82, 2.24) is 0 Å². The Bertz CT molecular complexity index is 882. The fourth-order valence-electron chi connectivity index (χ4n) is 3.53. The number of ether oxygens (including phenoxy) is 2. The first-order valence-electron chi connectivity index (χ1n) is 9.82. The Balaban J connectivity index is 1.81.